The van der Waals surface area contributed by atoms with Crippen LogP contribution in [0.3, 0.4) is 0 Å². The summed E-state index contributed by atoms with van der Waals surface area (Å²) >= 11 is 0. The second kappa shape index (κ2) is 3.96. The van der Waals surface area contributed by atoms with E-state index in [1.165, 1.54) is 6.21 Å². The van der Waals surface area contributed by atoms with Gasteiger partial charge in [-0.05, 0) is 24.3 Å². The van der Waals surface area contributed by atoms with Crippen molar-refractivity contribution < 1.29 is 10.3 Å². The Kier molecular flexibility index (Phi) is 2.30. The number of pyridine rings is 2. The van der Waals surface area contributed by atoms with Crippen LogP contribution in [0.15, 0.2) is 41.7 Å². The lowest BCUT2D eigenvalue weighted by Gasteiger charge is -2.05. The lowest BCUT2D eigenvalue weighted by atomic mass is 10.1. The van der Waals surface area contributed by atoms with Gasteiger partial charge in [0.15, 0.2) is 0 Å². The molecule has 5 nitrogen and oxygen atoms in total. The molecule has 0 unspecified atom stereocenters. The van der Waals surface area contributed by atoms with Crippen LogP contribution in [0.5, 0.6) is 5.75 Å². The molecule has 0 amide bonds. The number of benzene rings is 1. The Morgan fingerprint density at radius 3 is 2.89 bits per heavy atom. The molecule has 0 bridgehead atoms. The highest BCUT2D eigenvalue weighted by molar-refractivity contribution is 6.07. The highest BCUT2D eigenvalue weighted by atomic mass is 16.4. The summed E-state index contributed by atoms with van der Waals surface area (Å²) in [7, 11) is 0. The number of oxime groups is 1. The van der Waals surface area contributed by atoms with Gasteiger partial charge in [-0.3, -0.25) is 4.98 Å². The summed E-state index contributed by atoms with van der Waals surface area (Å²) in [5, 5.41) is 23.0. The topological polar surface area (TPSA) is 78.6 Å². The van der Waals surface area contributed by atoms with Gasteiger partial charge in [-0.15, -0.1) is 0 Å². The molecule has 1 aromatic carbocycles. The molecule has 18 heavy (non-hydrogen) atoms. The molecule has 0 atom stereocenters. The third-order valence-corrected chi connectivity index (χ3v) is 2.74. The molecular weight excluding hydrogens is 230 g/mol. The van der Waals surface area contributed by atoms with Crippen LogP contribution >= 0.6 is 0 Å². The summed E-state index contributed by atoms with van der Waals surface area (Å²) in [5.41, 5.74) is 1.69. The molecular formula is C13H9N3O2. The second-order valence-electron chi connectivity index (χ2n) is 3.85. The highest BCUT2D eigenvalue weighted by Crippen LogP contribution is 2.29. The number of hydrogen-bond donors (Lipinski definition) is 2. The molecule has 0 aliphatic heterocycles. The van der Waals surface area contributed by atoms with E-state index in [2.05, 4.69) is 15.1 Å². The van der Waals surface area contributed by atoms with E-state index in [-0.39, 0.29) is 5.75 Å². The maximum absolute atomic E-state index is 9.96. The number of phenols is 1. The van der Waals surface area contributed by atoms with E-state index in [0.717, 1.165) is 16.3 Å². The SMILES string of the molecule is O/N=C/c1ccc2c(n1)c(O)cc1cccnc12. The Balaban J connectivity index is 2.44. The summed E-state index contributed by atoms with van der Waals surface area (Å²) < 4.78 is 0. The zero-order chi connectivity index (χ0) is 12.5. The summed E-state index contributed by atoms with van der Waals surface area (Å²) in [4.78, 5) is 8.51. The minimum atomic E-state index is 0.0821. The van der Waals surface area contributed by atoms with Crippen molar-refractivity contribution >= 4 is 28.0 Å². The van der Waals surface area contributed by atoms with Gasteiger partial charge in [0.05, 0.1) is 17.4 Å². The fourth-order valence-corrected chi connectivity index (χ4v) is 1.97. The first-order valence-corrected chi connectivity index (χ1v) is 5.34. The molecule has 2 aromatic heterocycles. The van der Waals surface area contributed by atoms with E-state index in [0.29, 0.717) is 11.2 Å². The molecule has 88 valence electrons. The molecule has 2 heterocycles. The summed E-state index contributed by atoms with van der Waals surface area (Å²) in [5.74, 6) is 0.0821. The molecule has 0 saturated heterocycles. The molecule has 0 fully saturated rings. The van der Waals surface area contributed by atoms with Crippen molar-refractivity contribution in [3.63, 3.8) is 0 Å². The van der Waals surface area contributed by atoms with Crippen molar-refractivity contribution in [1.29, 1.82) is 0 Å². The second-order valence-corrected chi connectivity index (χ2v) is 3.85. The molecule has 0 radical (unpaired) electrons. The van der Waals surface area contributed by atoms with Crippen LogP contribution in [0.1, 0.15) is 5.69 Å². The van der Waals surface area contributed by atoms with Gasteiger partial charge < -0.3 is 10.3 Å². The number of nitrogens with zero attached hydrogens (tertiary/aromatic N) is 3. The number of rotatable bonds is 1. The third-order valence-electron chi connectivity index (χ3n) is 2.74. The first-order chi connectivity index (χ1) is 8.79. The van der Waals surface area contributed by atoms with Crippen LogP contribution in [-0.2, 0) is 0 Å². The lowest BCUT2D eigenvalue weighted by molar-refractivity contribution is 0.321. The molecule has 2 N–H and O–H groups in total. The lowest BCUT2D eigenvalue weighted by Crippen LogP contribution is -1.90. The number of aromatic nitrogens is 2. The van der Waals surface area contributed by atoms with Gasteiger partial charge in [0.2, 0.25) is 0 Å². The standard InChI is InChI=1S/C13H9N3O2/c17-11-6-8-2-1-5-14-12(8)10-4-3-9(7-15-18)16-13(10)11/h1-7,17-18H/b15-7+. The molecule has 3 aromatic rings. The Bertz CT molecular complexity index is 769. The van der Waals surface area contributed by atoms with Crippen LogP contribution < -0.4 is 0 Å². The maximum atomic E-state index is 9.96. The monoisotopic (exact) mass is 239 g/mol. The van der Waals surface area contributed by atoms with E-state index in [4.69, 9.17) is 5.21 Å². The normalized spacial score (nSPS) is 11.6. The number of phenolic OH excluding ortho intramolecular Hbond substituents is 1. The van der Waals surface area contributed by atoms with E-state index in [1.807, 2.05) is 12.1 Å². The Morgan fingerprint density at radius 1 is 1.17 bits per heavy atom. The highest BCUT2D eigenvalue weighted by Gasteiger charge is 2.08. The molecule has 5 heteroatoms. The molecule has 0 saturated carbocycles. The Hall–Kier alpha value is -2.69. The smallest absolute Gasteiger partial charge is 0.142 e. The zero-order valence-electron chi connectivity index (χ0n) is 9.28. The van der Waals surface area contributed by atoms with Crippen molar-refractivity contribution in [1.82, 2.24) is 9.97 Å². The minimum absolute atomic E-state index is 0.0821. The average Bonchev–Trinajstić information content (AvgIpc) is 2.40. The van der Waals surface area contributed by atoms with Gasteiger partial charge in [0, 0.05) is 17.0 Å². The summed E-state index contributed by atoms with van der Waals surface area (Å²) in [6, 6.07) is 8.82. The predicted octanol–water partition coefficient (Wildman–Crippen LogP) is 2.30. The van der Waals surface area contributed by atoms with E-state index >= 15 is 0 Å². The van der Waals surface area contributed by atoms with Gasteiger partial charge >= 0.3 is 0 Å². The largest absolute Gasteiger partial charge is 0.506 e. The molecule has 0 spiro atoms. The zero-order valence-corrected chi connectivity index (χ0v) is 9.28. The first kappa shape index (κ1) is 10.5. The number of fused-ring (bicyclic) bond motifs is 3. The van der Waals surface area contributed by atoms with E-state index in [9.17, 15) is 5.11 Å². The summed E-state index contributed by atoms with van der Waals surface area (Å²) in [6.07, 6.45) is 2.91. The van der Waals surface area contributed by atoms with Gasteiger partial charge in [-0.1, -0.05) is 11.2 Å². The van der Waals surface area contributed by atoms with Crippen LogP contribution in [0.4, 0.5) is 0 Å². The third kappa shape index (κ3) is 1.53. The number of hydrogen-bond acceptors (Lipinski definition) is 5. The van der Waals surface area contributed by atoms with E-state index in [1.54, 1.807) is 24.4 Å². The summed E-state index contributed by atoms with van der Waals surface area (Å²) in [6.45, 7) is 0. The van der Waals surface area contributed by atoms with Crippen LogP contribution in [0, 0.1) is 0 Å². The van der Waals surface area contributed by atoms with Gasteiger partial charge in [0.25, 0.3) is 0 Å². The van der Waals surface area contributed by atoms with Crippen LogP contribution in [-0.4, -0.2) is 26.5 Å². The molecule has 3 rings (SSSR count). The van der Waals surface area contributed by atoms with Crippen molar-refractivity contribution in [3.8, 4) is 5.75 Å². The predicted molar refractivity (Wildman–Crippen MR) is 68.1 cm³/mol. The molecule has 0 aliphatic carbocycles. The Morgan fingerprint density at radius 2 is 2.06 bits per heavy atom. The quantitative estimate of drug-likeness (QED) is 0.295. The van der Waals surface area contributed by atoms with Gasteiger partial charge in [-0.25, -0.2) is 4.98 Å². The fourth-order valence-electron chi connectivity index (χ4n) is 1.97. The molecule has 0 aliphatic rings. The first-order valence-electron chi connectivity index (χ1n) is 5.34. The van der Waals surface area contributed by atoms with E-state index < -0.39 is 0 Å². The van der Waals surface area contributed by atoms with Crippen LogP contribution in [0.25, 0.3) is 21.8 Å². The number of aromatic hydroxyl groups is 1. The van der Waals surface area contributed by atoms with Crippen molar-refractivity contribution in [2.24, 2.45) is 5.16 Å². The van der Waals surface area contributed by atoms with Crippen molar-refractivity contribution in [2.45, 2.75) is 0 Å². The van der Waals surface area contributed by atoms with Crippen molar-refractivity contribution in [2.75, 3.05) is 0 Å². The van der Waals surface area contributed by atoms with Gasteiger partial charge in [0.1, 0.15) is 11.3 Å². The average molecular weight is 239 g/mol. The minimum Gasteiger partial charge on any atom is -0.506 e. The van der Waals surface area contributed by atoms with Crippen LogP contribution in [0.2, 0.25) is 0 Å². The Labute approximate surface area is 102 Å². The maximum Gasteiger partial charge on any atom is 0.142 e. The van der Waals surface area contributed by atoms with Gasteiger partial charge in [-0.2, -0.15) is 0 Å². The van der Waals surface area contributed by atoms with Crippen molar-refractivity contribution in [3.05, 3.63) is 42.2 Å². The fraction of sp³-hybridized carbons (Fsp3) is 0.